The van der Waals surface area contributed by atoms with Gasteiger partial charge in [0.05, 0.1) is 12.1 Å². The van der Waals surface area contributed by atoms with Crippen LogP contribution in [0.15, 0.2) is 42.7 Å². The molecule has 160 valence electrons. The Balaban J connectivity index is 0.00000155. The van der Waals surface area contributed by atoms with Crippen molar-refractivity contribution in [2.75, 3.05) is 25.0 Å². The van der Waals surface area contributed by atoms with E-state index in [9.17, 15) is 9.59 Å². The summed E-state index contributed by atoms with van der Waals surface area (Å²) in [7, 11) is 1.50. The molecule has 1 aromatic carbocycles. The Morgan fingerprint density at radius 3 is 2.57 bits per heavy atom. The Bertz CT molecular complexity index is 879. The highest BCUT2D eigenvalue weighted by Gasteiger charge is 2.23. The fourth-order valence-corrected chi connectivity index (χ4v) is 3.31. The number of nitrogens with two attached hydrogens (primary N) is 1. The standard InChI is InChI=1S/C22H26N4O2.CH5N/c1-15-7-8-26(21(27)9-15)20-5-3-17(4-6-20)10-18-11-19(14-24-13-18)22(28)25-12-16(2)23;1-2/h3-6,11,13-15,23H,7-10,12H2,1-2H3,(H,25,28);2H2,1H3. The minimum absolute atomic E-state index is 0.189. The summed E-state index contributed by atoms with van der Waals surface area (Å²) in [4.78, 5) is 30.4. The number of hydrogen-bond acceptors (Lipinski definition) is 5. The van der Waals surface area contributed by atoms with Crippen LogP contribution in [0.1, 0.15) is 48.2 Å². The van der Waals surface area contributed by atoms with Gasteiger partial charge in [-0.3, -0.25) is 14.6 Å². The van der Waals surface area contributed by atoms with Gasteiger partial charge in [-0.15, -0.1) is 0 Å². The van der Waals surface area contributed by atoms with Gasteiger partial charge in [-0.05, 0) is 62.1 Å². The molecular formula is C23H31N5O2. The van der Waals surface area contributed by atoms with Gasteiger partial charge in [0.25, 0.3) is 5.91 Å². The van der Waals surface area contributed by atoms with Crippen molar-refractivity contribution in [2.45, 2.75) is 33.1 Å². The van der Waals surface area contributed by atoms with E-state index in [-0.39, 0.29) is 18.4 Å². The van der Waals surface area contributed by atoms with Gasteiger partial charge in [0, 0.05) is 36.8 Å². The van der Waals surface area contributed by atoms with Crippen LogP contribution in [0.4, 0.5) is 5.69 Å². The number of rotatable bonds is 6. The van der Waals surface area contributed by atoms with E-state index in [1.807, 2.05) is 35.2 Å². The van der Waals surface area contributed by atoms with Crippen molar-refractivity contribution >= 4 is 23.2 Å². The molecule has 0 radical (unpaired) electrons. The number of anilines is 1. The second kappa shape index (κ2) is 11.2. The zero-order chi connectivity index (χ0) is 22.1. The van der Waals surface area contributed by atoms with Gasteiger partial charge in [-0.1, -0.05) is 19.1 Å². The Morgan fingerprint density at radius 1 is 1.23 bits per heavy atom. The predicted octanol–water partition coefficient (Wildman–Crippen LogP) is 2.78. The third-order valence-electron chi connectivity index (χ3n) is 4.90. The molecule has 2 amide bonds. The number of benzene rings is 1. The lowest BCUT2D eigenvalue weighted by Crippen LogP contribution is -2.38. The summed E-state index contributed by atoms with van der Waals surface area (Å²) in [6.07, 6.45) is 5.58. The minimum atomic E-state index is -0.228. The number of piperidine rings is 1. The van der Waals surface area contributed by atoms with Crippen LogP contribution >= 0.6 is 0 Å². The maximum atomic E-state index is 12.2. The normalized spacial score (nSPS) is 15.8. The van der Waals surface area contributed by atoms with Gasteiger partial charge >= 0.3 is 0 Å². The smallest absolute Gasteiger partial charge is 0.253 e. The lowest BCUT2D eigenvalue weighted by Gasteiger charge is -2.30. The van der Waals surface area contributed by atoms with Crippen molar-refractivity contribution in [1.29, 1.82) is 5.41 Å². The summed E-state index contributed by atoms with van der Waals surface area (Å²) in [5.74, 6) is 0.423. The van der Waals surface area contributed by atoms with Crippen molar-refractivity contribution in [3.05, 3.63) is 59.4 Å². The van der Waals surface area contributed by atoms with E-state index < -0.39 is 0 Å². The van der Waals surface area contributed by atoms with Crippen molar-refractivity contribution in [3.8, 4) is 0 Å². The number of pyridine rings is 1. The molecule has 1 aliphatic heterocycles. The SMILES string of the molecule is CC(=N)CNC(=O)c1cncc(Cc2ccc(N3CCC(C)CC3=O)cc2)c1.CN. The molecule has 1 aromatic heterocycles. The zero-order valence-corrected chi connectivity index (χ0v) is 17.9. The van der Waals surface area contributed by atoms with Crippen LogP contribution in [0.3, 0.4) is 0 Å². The molecule has 1 unspecified atom stereocenters. The summed E-state index contributed by atoms with van der Waals surface area (Å²) in [5.41, 5.74) is 8.36. The quantitative estimate of drug-likeness (QED) is 0.637. The first-order valence-corrected chi connectivity index (χ1v) is 10.2. The highest BCUT2D eigenvalue weighted by atomic mass is 16.2. The van der Waals surface area contributed by atoms with Crippen LogP contribution in [0.25, 0.3) is 0 Å². The molecule has 2 aromatic rings. The number of carbonyl (C=O) groups is 2. The highest BCUT2D eigenvalue weighted by Crippen LogP contribution is 2.24. The average molecular weight is 410 g/mol. The van der Waals surface area contributed by atoms with Crippen molar-refractivity contribution in [1.82, 2.24) is 10.3 Å². The molecule has 0 spiro atoms. The van der Waals surface area contributed by atoms with Gasteiger partial charge < -0.3 is 21.4 Å². The van der Waals surface area contributed by atoms with Crippen LogP contribution in [0.2, 0.25) is 0 Å². The first kappa shape index (κ1) is 23.2. The largest absolute Gasteiger partial charge is 0.347 e. The van der Waals surface area contributed by atoms with Crippen LogP contribution < -0.4 is 16.0 Å². The fraction of sp³-hybridized carbons (Fsp3) is 0.391. The minimum Gasteiger partial charge on any atom is -0.347 e. The zero-order valence-electron chi connectivity index (χ0n) is 17.9. The summed E-state index contributed by atoms with van der Waals surface area (Å²) < 4.78 is 0. The number of aromatic nitrogens is 1. The molecule has 1 saturated heterocycles. The van der Waals surface area contributed by atoms with Gasteiger partial charge in [-0.2, -0.15) is 0 Å². The van der Waals surface area contributed by atoms with Crippen LogP contribution in [-0.4, -0.2) is 42.6 Å². The Morgan fingerprint density at radius 2 is 1.93 bits per heavy atom. The molecule has 1 aliphatic rings. The number of carbonyl (C=O) groups excluding carboxylic acids is 2. The van der Waals surface area contributed by atoms with E-state index in [0.29, 0.717) is 30.0 Å². The fourth-order valence-electron chi connectivity index (χ4n) is 3.31. The molecule has 30 heavy (non-hydrogen) atoms. The van der Waals surface area contributed by atoms with E-state index in [4.69, 9.17) is 5.41 Å². The van der Waals surface area contributed by atoms with Crippen molar-refractivity contribution < 1.29 is 9.59 Å². The molecule has 7 heteroatoms. The maximum Gasteiger partial charge on any atom is 0.253 e. The summed E-state index contributed by atoms with van der Waals surface area (Å²) in [6, 6.07) is 9.84. The van der Waals surface area contributed by atoms with Crippen LogP contribution in [-0.2, 0) is 11.2 Å². The lowest BCUT2D eigenvalue weighted by molar-refractivity contribution is -0.120. The van der Waals surface area contributed by atoms with Crippen LogP contribution in [0.5, 0.6) is 0 Å². The first-order valence-electron chi connectivity index (χ1n) is 10.2. The molecule has 0 aliphatic carbocycles. The Labute approximate surface area is 178 Å². The molecule has 7 nitrogen and oxygen atoms in total. The summed E-state index contributed by atoms with van der Waals surface area (Å²) >= 11 is 0. The molecule has 2 heterocycles. The number of nitrogens with zero attached hydrogens (tertiary/aromatic N) is 2. The maximum absolute atomic E-state index is 12.2. The van der Waals surface area contributed by atoms with Gasteiger partial charge in [-0.25, -0.2) is 0 Å². The third kappa shape index (κ3) is 6.49. The molecular weight excluding hydrogens is 378 g/mol. The first-order chi connectivity index (χ1) is 14.4. The second-order valence-corrected chi connectivity index (χ2v) is 7.53. The molecule has 3 rings (SSSR count). The predicted molar refractivity (Wildman–Crippen MR) is 120 cm³/mol. The Kier molecular flexibility index (Phi) is 8.68. The summed E-state index contributed by atoms with van der Waals surface area (Å²) in [5, 5.41) is 10.1. The van der Waals surface area contributed by atoms with E-state index >= 15 is 0 Å². The van der Waals surface area contributed by atoms with E-state index in [1.165, 1.54) is 13.2 Å². The van der Waals surface area contributed by atoms with Crippen LogP contribution in [0, 0.1) is 11.3 Å². The van der Waals surface area contributed by atoms with E-state index in [0.717, 1.165) is 29.8 Å². The lowest BCUT2D eigenvalue weighted by atomic mass is 9.97. The number of amides is 2. The number of hydrogen-bond donors (Lipinski definition) is 3. The molecule has 0 saturated carbocycles. The third-order valence-corrected chi connectivity index (χ3v) is 4.90. The van der Waals surface area contributed by atoms with E-state index in [1.54, 1.807) is 13.1 Å². The van der Waals surface area contributed by atoms with Gasteiger partial charge in [0.2, 0.25) is 5.91 Å². The average Bonchev–Trinajstić information content (AvgIpc) is 2.74. The molecule has 4 N–H and O–H groups in total. The Hall–Kier alpha value is -3.06. The van der Waals surface area contributed by atoms with Gasteiger partial charge in [0.15, 0.2) is 0 Å². The molecule has 1 atom stereocenters. The second-order valence-electron chi connectivity index (χ2n) is 7.53. The monoisotopic (exact) mass is 409 g/mol. The van der Waals surface area contributed by atoms with Crippen molar-refractivity contribution in [3.63, 3.8) is 0 Å². The van der Waals surface area contributed by atoms with Gasteiger partial charge in [0.1, 0.15) is 0 Å². The topological polar surface area (TPSA) is 112 Å². The number of nitrogens with one attached hydrogen (secondary N) is 2. The summed E-state index contributed by atoms with van der Waals surface area (Å²) in [6.45, 7) is 4.78. The van der Waals surface area contributed by atoms with E-state index in [2.05, 4.69) is 23.0 Å². The highest BCUT2D eigenvalue weighted by molar-refractivity contribution is 5.96. The van der Waals surface area contributed by atoms with Crippen molar-refractivity contribution in [2.24, 2.45) is 11.7 Å². The molecule has 0 bridgehead atoms. The molecule has 1 fully saturated rings.